The number of rotatable bonds is 4. The molecule has 0 unspecified atom stereocenters. The Morgan fingerprint density at radius 2 is 2.21 bits per heavy atom. The fourth-order valence-electron chi connectivity index (χ4n) is 3.84. The zero-order chi connectivity index (χ0) is 19.5. The molecule has 28 heavy (non-hydrogen) atoms. The highest BCUT2D eigenvalue weighted by Crippen LogP contribution is 2.29. The second kappa shape index (κ2) is 7.88. The van der Waals surface area contributed by atoms with E-state index in [1.54, 1.807) is 18.6 Å². The maximum absolute atomic E-state index is 13.1. The third kappa shape index (κ3) is 3.52. The number of aryl methyl sites for hydroxylation is 2. The lowest BCUT2D eigenvalue weighted by Gasteiger charge is -2.33. The molecule has 0 saturated carbocycles. The van der Waals surface area contributed by atoms with Crippen molar-refractivity contribution in [1.29, 1.82) is 0 Å². The van der Waals surface area contributed by atoms with Crippen molar-refractivity contribution in [3.8, 4) is 11.4 Å². The highest BCUT2D eigenvalue weighted by atomic mass is 16.2. The van der Waals surface area contributed by atoms with E-state index in [9.17, 15) is 4.79 Å². The summed E-state index contributed by atoms with van der Waals surface area (Å²) < 4.78 is 0. The van der Waals surface area contributed by atoms with E-state index in [1.807, 2.05) is 30.2 Å². The molecule has 0 bridgehead atoms. The molecular formula is C21H24N6O. The van der Waals surface area contributed by atoms with Crippen LogP contribution in [0, 0.1) is 6.92 Å². The predicted octanol–water partition coefficient (Wildman–Crippen LogP) is 3.15. The number of aromatic amines is 1. The Morgan fingerprint density at radius 3 is 2.96 bits per heavy atom. The fraction of sp³-hybridized carbons (Fsp3) is 0.381. The summed E-state index contributed by atoms with van der Waals surface area (Å²) in [6, 6.07) is 3.76. The van der Waals surface area contributed by atoms with E-state index >= 15 is 0 Å². The van der Waals surface area contributed by atoms with E-state index in [0.717, 1.165) is 31.4 Å². The summed E-state index contributed by atoms with van der Waals surface area (Å²) in [4.78, 5) is 28.1. The maximum Gasteiger partial charge on any atom is 0.257 e. The Balaban J connectivity index is 1.54. The Morgan fingerprint density at radius 1 is 1.32 bits per heavy atom. The van der Waals surface area contributed by atoms with Gasteiger partial charge in [-0.25, -0.2) is 9.97 Å². The lowest BCUT2D eigenvalue weighted by atomic mass is 9.91. The predicted molar refractivity (Wildman–Crippen MR) is 106 cm³/mol. The van der Waals surface area contributed by atoms with Crippen LogP contribution in [0.1, 0.15) is 53.0 Å². The first kappa shape index (κ1) is 18.3. The van der Waals surface area contributed by atoms with Crippen molar-refractivity contribution in [3.63, 3.8) is 0 Å². The summed E-state index contributed by atoms with van der Waals surface area (Å²) in [7, 11) is 0. The molecule has 3 aromatic rings. The van der Waals surface area contributed by atoms with Crippen molar-refractivity contribution in [3.05, 3.63) is 59.4 Å². The van der Waals surface area contributed by atoms with Gasteiger partial charge in [0.1, 0.15) is 0 Å². The molecule has 4 rings (SSSR count). The largest absolute Gasteiger partial charge is 0.338 e. The fourth-order valence-corrected chi connectivity index (χ4v) is 3.84. The van der Waals surface area contributed by atoms with Crippen LogP contribution in [-0.4, -0.2) is 49.0 Å². The first-order chi connectivity index (χ1) is 13.7. The molecule has 1 aliphatic rings. The minimum absolute atomic E-state index is 0.00231. The summed E-state index contributed by atoms with van der Waals surface area (Å²) in [6.07, 6.45) is 9.96. The summed E-state index contributed by atoms with van der Waals surface area (Å²) in [5.41, 5.74) is 4.50. The van der Waals surface area contributed by atoms with Crippen LogP contribution in [0.4, 0.5) is 0 Å². The van der Waals surface area contributed by atoms with Gasteiger partial charge in [0.05, 0.1) is 17.5 Å². The first-order valence-electron chi connectivity index (χ1n) is 9.72. The highest BCUT2D eigenvalue weighted by molar-refractivity contribution is 5.95. The molecular weight excluding hydrogens is 352 g/mol. The van der Waals surface area contributed by atoms with E-state index in [0.29, 0.717) is 29.5 Å². The molecule has 0 aromatic carbocycles. The molecule has 0 spiro atoms. The van der Waals surface area contributed by atoms with Gasteiger partial charge in [-0.15, -0.1) is 0 Å². The van der Waals surface area contributed by atoms with Crippen LogP contribution in [0.5, 0.6) is 0 Å². The summed E-state index contributed by atoms with van der Waals surface area (Å²) in [6.45, 7) is 5.44. The van der Waals surface area contributed by atoms with Crippen LogP contribution in [0.2, 0.25) is 0 Å². The number of carbonyl (C=O) groups excluding carboxylic acids is 1. The Bertz CT molecular complexity index is 968. The van der Waals surface area contributed by atoms with Crippen molar-refractivity contribution >= 4 is 5.91 Å². The molecule has 0 radical (unpaired) electrons. The van der Waals surface area contributed by atoms with Gasteiger partial charge in [-0.2, -0.15) is 5.10 Å². The van der Waals surface area contributed by atoms with E-state index < -0.39 is 0 Å². The number of amides is 1. The zero-order valence-corrected chi connectivity index (χ0v) is 16.2. The third-order valence-corrected chi connectivity index (χ3v) is 5.38. The molecule has 3 aromatic heterocycles. The van der Waals surface area contributed by atoms with Gasteiger partial charge in [0.15, 0.2) is 5.82 Å². The quantitative estimate of drug-likeness (QED) is 0.756. The van der Waals surface area contributed by atoms with Gasteiger partial charge in [0, 0.05) is 48.9 Å². The summed E-state index contributed by atoms with van der Waals surface area (Å²) >= 11 is 0. The Hall–Kier alpha value is -3.09. The first-order valence-corrected chi connectivity index (χ1v) is 9.72. The Kier molecular flexibility index (Phi) is 5.14. The number of likely N-dealkylation sites (tertiary alicyclic amines) is 1. The van der Waals surface area contributed by atoms with Gasteiger partial charge < -0.3 is 4.90 Å². The monoisotopic (exact) mass is 376 g/mol. The molecule has 7 heteroatoms. The third-order valence-electron chi connectivity index (χ3n) is 5.38. The standard InChI is InChI=1S/C21H24N6O/c1-3-15-11-24-26-19(15)17-7-5-9-27(13-17)21(28)18-12-23-20(25-14(18)2)16-6-4-8-22-10-16/h4,6,8,10-12,17H,3,5,7,9,13H2,1-2H3,(H,24,26)/t17-/m0/s1. The van der Waals surface area contributed by atoms with Crippen LogP contribution in [-0.2, 0) is 6.42 Å². The smallest absolute Gasteiger partial charge is 0.257 e. The SMILES string of the molecule is CCc1cn[nH]c1[C@H]1CCCN(C(=O)c2cnc(-c3cccnc3)nc2C)C1. The molecule has 144 valence electrons. The molecule has 0 aliphatic carbocycles. The van der Waals surface area contributed by atoms with E-state index in [-0.39, 0.29) is 5.91 Å². The van der Waals surface area contributed by atoms with Gasteiger partial charge in [-0.05, 0) is 43.9 Å². The van der Waals surface area contributed by atoms with Gasteiger partial charge in [-0.1, -0.05) is 6.92 Å². The second-order valence-electron chi connectivity index (χ2n) is 7.19. The number of piperidine rings is 1. The van der Waals surface area contributed by atoms with Crippen molar-refractivity contribution in [2.45, 2.75) is 39.0 Å². The van der Waals surface area contributed by atoms with Crippen LogP contribution in [0.25, 0.3) is 11.4 Å². The number of pyridine rings is 1. The number of hydrogen-bond acceptors (Lipinski definition) is 5. The van der Waals surface area contributed by atoms with Gasteiger partial charge in [-0.3, -0.25) is 14.9 Å². The molecule has 1 fully saturated rings. The maximum atomic E-state index is 13.1. The number of aromatic nitrogens is 5. The number of nitrogens with one attached hydrogen (secondary N) is 1. The second-order valence-corrected chi connectivity index (χ2v) is 7.19. The average molecular weight is 376 g/mol. The van der Waals surface area contributed by atoms with E-state index in [4.69, 9.17) is 0 Å². The molecule has 1 atom stereocenters. The van der Waals surface area contributed by atoms with Crippen LogP contribution >= 0.6 is 0 Å². The number of nitrogens with zero attached hydrogens (tertiary/aromatic N) is 5. The number of hydrogen-bond donors (Lipinski definition) is 1. The van der Waals surface area contributed by atoms with Gasteiger partial charge in [0.25, 0.3) is 5.91 Å². The molecule has 4 heterocycles. The average Bonchev–Trinajstić information content (AvgIpc) is 3.23. The molecule has 1 N–H and O–H groups in total. The zero-order valence-electron chi connectivity index (χ0n) is 16.2. The minimum Gasteiger partial charge on any atom is -0.338 e. The lowest BCUT2D eigenvalue weighted by molar-refractivity contribution is 0.0704. The van der Waals surface area contributed by atoms with E-state index in [2.05, 4.69) is 32.1 Å². The Labute approximate surface area is 164 Å². The molecule has 1 saturated heterocycles. The lowest BCUT2D eigenvalue weighted by Crippen LogP contribution is -2.39. The molecule has 7 nitrogen and oxygen atoms in total. The molecule has 1 aliphatic heterocycles. The normalized spacial score (nSPS) is 16.9. The summed E-state index contributed by atoms with van der Waals surface area (Å²) in [5.74, 6) is 0.882. The number of carbonyl (C=O) groups is 1. The van der Waals surface area contributed by atoms with Crippen molar-refractivity contribution in [2.24, 2.45) is 0 Å². The van der Waals surface area contributed by atoms with E-state index in [1.165, 1.54) is 11.3 Å². The van der Waals surface area contributed by atoms with Gasteiger partial charge >= 0.3 is 0 Å². The summed E-state index contributed by atoms with van der Waals surface area (Å²) in [5, 5.41) is 7.34. The minimum atomic E-state index is -0.00231. The highest BCUT2D eigenvalue weighted by Gasteiger charge is 2.28. The van der Waals surface area contributed by atoms with Crippen molar-refractivity contribution in [2.75, 3.05) is 13.1 Å². The number of H-pyrrole nitrogens is 1. The molecule has 1 amide bonds. The van der Waals surface area contributed by atoms with Crippen molar-refractivity contribution in [1.82, 2.24) is 30.0 Å². The van der Waals surface area contributed by atoms with Crippen molar-refractivity contribution < 1.29 is 4.79 Å². The topological polar surface area (TPSA) is 87.7 Å². The van der Waals surface area contributed by atoms with Crippen LogP contribution < -0.4 is 0 Å². The van der Waals surface area contributed by atoms with Crippen LogP contribution in [0.15, 0.2) is 36.9 Å². The van der Waals surface area contributed by atoms with Crippen LogP contribution in [0.3, 0.4) is 0 Å². The van der Waals surface area contributed by atoms with Gasteiger partial charge in [0.2, 0.25) is 0 Å².